The van der Waals surface area contributed by atoms with E-state index in [0.717, 1.165) is 49.5 Å². The molecule has 3 heterocycles. The van der Waals surface area contributed by atoms with E-state index in [1.54, 1.807) is 0 Å². The van der Waals surface area contributed by atoms with Crippen molar-refractivity contribution < 1.29 is 19.0 Å². The lowest BCUT2D eigenvalue weighted by Gasteiger charge is -2.63. The first kappa shape index (κ1) is 17.0. The molecule has 2 saturated carbocycles. The average molecular weight is 384 g/mol. The third-order valence-corrected chi connectivity index (χ3v) is 7.78. The summed E-state index contributed by atoms with van der Waals surface area (Å²) in [7, 11) is 0. The second-order valence-electron chi connectivity index (χ2n) is 8.98. The number of nitrogens with zero attached hydrogens (tertiary/aromatic N) is 1. The van der Waals surface area contributed by atoms with Crippen molar-refractivity contribution in [1.29, 1.82) is 0 Å². The molecule has 2 saturated heterocycles. The fourth-order valence-corrected chi connectivity index (χ4v) is 6.36. The van der Waals surface area contributed by atoms with Gasteiger partial charge in [0.25, 0.3) is 0 Å². The predicted octanol–water partition coefficient (Wildman–Crippen LogP) is 3.26. The van der Waals surface area contributed by atoms with Gasteiger partial charge in [-0.1, -0.05) is 18.6 Å². The van der Waals surface area contributed by atoms with Gasteiger partial charge in [0.05, 0.1) is 12.1 Å². The van der Waals surface area contributed by atoms with Gasteiger partial charge >= 0.3 is 6.03 Å². The minimum absolute atomic E-state index is 0.0599. The molecule has 0 aromatic heterocycles. The molecular formula is C22H28N2O4. The van der Waals surface area contributed by atoms with E-state index in [2.05, 4.69) is 11.4 Å². The number of fused-ring (bicyclic) bond motifs is 3. The Labute approximate surface area is 165 Å². The zero-order valence-corrected chi connectivity index (χ0v) is 16.2. The summed E-state index contributed by atoms with van der Waals surface area (Å²) in [5.41, 5.74) is 1.30. The van der Waals surface area contributed by atoms with Gasteiger partial charge in [0.2, 0.25) is 0 Å². The number of urea groups is 1. The Morgan fingerprint density at radius 3 is 2.86 bits per heavy atom. The van der Waals surface area contributed by atoms with E-state index < -0.39 is 0 Å². The predicted molar refractivity (Wildman–Crippen MR) is 103 cm³/mol. The normalized spacial score (nSPS) is 34.5. The molecule has 0 radical (unpaired) electrons. The fourth-order valence-electron chi connectivity index (χ4n) is 6.36. The summed E-state index contributed by atoms with van der Waals surface area (Å²) in [5, 5.41) is 3.44. The van der Waals surface area contributed by atoms with Gasteiger partial charge in [0.1, 0.15) is 13.2 Å². The Hall–Kier alpha value is -1.95. The van der Waals surface area contributed by atoms with Crippen LogP contribution in [0.1, 0.15) is 50.1 Å². The zero-order chi connectivity index (χ0) is 18.7. The maximum Gasteiger partial charge on any atom is 0.318 e. The molecule has 1 N–H and O–H groups in total. The van der Waals surface area contributed by atoms with Crippen molar-refractivity contribution in [1.82, 2.24) is 10.2 Å². The summed E-state index contributed by atoms with van der Waals surface area (Å²) >= 11 is 0. The maximum absolute atomic E-state index is 13.3. The molecule has 28 heavy (non-hydrogen) atoms. The van der Waals surface area contributed by atoms with Crippen molar-refractivity contribution >= 4 is 6.03 Å². The topological polar surface area (TPSA) is 60.0 Å². The molecule has 4 fully saturated rings. The van der Waals surface area contributed by atoms with Crippen molar-refractivity contribution in [3.63, 3.8) is 0 Å². The summed E-state index contributed by atoms with van der Waals surface area (Å²) in [4.78, 5) is 15.3. The number of ether oxygens (including phenoxy) is 3. The molecule has 0 bridgehead atoms. The lowest BCUT2D eigenvalue weighted by molar-refractivity contribution is -0.172. The molecular weight excluding hydrogens is 356 g/mol. The van der Waals surface area contributed by atoms with E-state index in [1.807, 2.05) is 17.0 Å². The van der Waals surface area contributed by atoms with Crippen LogP contribution in [0.15, 0.2) is 18.2 Å². The minimum Gasteiger partial charge on any atom is -0.486 e. The second kappa shape index (κ2) is 6.28. The van der Waals surface area contributed by atoms with Crippen LogP contribution < -0.4 is 14.8 Å². The molecule has 4 atom stereocenters. The second-order valence-corrected chi connectivity index (χ2v) is 8.98. The summed E-state index contributed by atoms with van der Waals surface area (Å²) in [6, 6.07) is 6.47. The van der Waals surface area contributed by atoms with E-state index >= 15 is 0 Å². The van der Waals surface area contributed by atoms with Gasteiger partial charge in [-0.25, -0.2) is 4.79 Å². The Kier molecular flexibility index (Phi) is 3.80. The van der Waals surface area contributed by atoms with Crippen LogP contribution in [0.5, 0.6) is 11.5 Å². The number of hydrogen-bond donors (Lipinski definition) is 1. The van der Waals surface area contributed by atoms with Crippen molar-refractivity contribution in [2.24, 2.45) is 11.3 Å². The number of carbonyl (C=O) groups is 1. The molecule has 150 valence electrons. The first-order valence-electron chi connectivity index (χ1n) is 10.9. The van der Waals surface area contributed by atoms with E-state index in [1.165, 1.54) is 19.3 Å². The van der Waals surface area contributed by atoms with Crippen molar-refractivity contribution in [2.45, 2.75) is 56.7 Å². The highest BCUT2D eigenvalue weighted by Gasteiger charge is 2.67. The standard InChI is InChI=1S/C22H28N2O4/c25-21(23-19-15-7-11-28-20(15)22(19)8-3-9-22)24-10-2-5-16(24)14-4-1-6-17-18(14)27-13-12-26-17/h1,4,6,15-16,19-20H,2-3,5,7-13H2,(H,23,25). The van der Waals surface area contributed by atoms with Crippen LogP contribution in [-0.2, 0) is 4.74 Å². The van der Waals surface area contributed by atoms with Gasteiger partial charge in [-0.15, -0.1) is 0 Å². The molecule has 3 aliphatic heterocycles. The van der Waals surface area contributed by atoms with Crippen LogP contribution in [0, 0.1) is 11.3 Å². The summed E-state index contributed by atoms with van der Waals surface area (Å²) in [6.07, 6.45) is 7.11. The molecule has 6 nitrogen and oxygen atoms in total. The van der Waals surface area contributed by atoms with Gasteiger partial charge in [0.15, 0.2) is 11.5 Å². The first-order chi connectivity index (χ1) is 13.8. The number of hydrogen-bond acceptors (Lipinski definition) is 4. The Morgan fingerprint density at radius 2 is 2.00 bits per heavy atom. The molecule has 4 unspecified atom stereocenters. The van der Waals surface area contributed by atoms with E-state index in [-0.39, 0.29) is 23.5 Å². The summed E-state index contributed by atoms with van der Waals surface area (Å²) < 4.78 is 17.7. The molecule has 6 rings (SSSR count). The van der Waals surface area contributed by atoms with Gasteiger partial charge in [-0.05, 0) is 38.2 Å². The minimum atomic E-state index is 0.0599. The fraction of sp³-hybridized carbons (Fsp3) is 0.682. The highest BCUT2D eigenvalue weighted by molar-refractivity contribution is 5.76. The number of nitrogens with one attached hydrogen (secondary N) is 1. The number of rotatable bonds is 2. The molecule has 1 spiro atoms. The van der Waals surface area contributed by atoms with E-state index in [0.29, 0.717) is 25.2 Å². The molecule has 5 aliphatic rings. The van der Waals surface area contributed by atoms with Crippen LogP contribution in [0.2, 0.25) is 0 Å². The van der Waals surface area contributed by atoms with Crippen LogP contribution in [0.3, 0.4) is 0 Å². The van der Waals surface area contributed by atoms with E-state index in [9.17, 15) is 4.79 Å². The number of carbonyl (C=O) groups excluding carboxylic acids is 1. The van der Waals surface area contributed by atoms with Gasteiger partial charge in [0, 0.05) is 36.1 Å². The van der Waals surface area contributed by atoms with Gasteiger partial charge < -0.3 is 24.4 Å². The third-order valence-electron chi connectivity index (χ3n) is 7.78. The van der Waals surface area contributed by atoms with Crippen LogP contribution in [-0.4, -0.2) is 49.4 Å². The lowest BCUT2D eigenvalue weighted by atomic mass is 9.46. The quantitative estimate of drug-likeness (QED) is 0.850. The summed E-state index contributed by atoms with van der Waals surface area (Å²) in [6.45, 7) is 2.80. The first-order valence-corrected chi connectivity index (χ1v) is 10.9. The number of benzene rings is 1. The van der Waals surface area contributed by atoms with Crippen LogP contribution in [0.25, 0.3) is 0 Å². The molecule has 2 amide bonds. The highest BCUT2D eigenvalue weighted by Crippen LogP contribution is 2.62. The maximum atomic E-state index is 13.3. The van der Waals surface area contributed by atoms with Crippen molar-refractivity contribution in [3.8, 4) is 11.5 Å². The van der Waals surface area contributed by atoms with Crippen molar-refractivity contribution in [2.75, 3.05) is 26.4 Å². The van der Waals surface area contributed by atoms with Crippen molar-refractivity contribution in [3.05, 3.63) is 23.8 Å². The SMILES string of the molecule is O=C(NC1C2CCOC2C12CCC2)N1CCCC1c1cccc2c1OCCO2. The Balaban J connectivity index is 1.23. The molecule has 1 aromatic carbocycles. The summed E-state index contributed by atoms with van der Waals surface area (Å²) in [5.74, 6) is 2.13. The Bertz CT molecular complexity index is 793. The lowest BCUT2D eigenvalue weighted by Crippen LogP contribution is -2.72. The number of likely N-dealkylation sites (tertiary alicyclic amines) is 1. The molecule has 6 heteroatoms. The van der Waals surface area contributed by atoms with Gasteiger partial charge in [-0.2, -0.15) is 0 Å². The Morgan fingerprint density at radius 1 is 1.11 bits per heavy atom. The third kappa shape index (κ3) is 2.27. The number of para-hydroxylation sites is 1. The van der Waals surface area contributed by atoms with Crippen LogP contribution >= 0.6 is 0 Å². The van der Waals surface area contributed by atoms with Gasteiger partial charge in [-0.3, -0.25) is 0 Å². The highest BCUT2D eigenvalue weighted by atomic mass is 16.6. The molecule has 2 aliphatic carbocycles. The smallest absolute Gasteiger partial charge is 0.318 e. The van der Waals surface area contributed by atoms with Crippen LogP contribution in [0.4, 0.5) is 4.79 Å². The largest absolute Gasteiger partial charge is 0.486 e. The zero-order valence-electron chi connectivity index (χ0n) is 16.2. The van der Waals surface area contributed by atoms with E-state index in [4.69, 9.17) is 14.2 Å². The molecule has 1 aromatic rings. The average Bonchev–Trinajstić information content (AvgIpc) is 3.32. The monoisotopic (exact) mass is 384 g/mol. The number of amides is 2.